The van der Waals surface area contributed by atoms with Gasteiger partial charge in [0.15, 0.2) is 5.96 Å². The lowest BCUT2D eigenvalue weighted by Gasteiger charge is -2.42. The van der Waals surface area contributed by atoms with Crippen LogP contribution in [0.2, 0.25) is 0 Å². The number of hydrogen-bond acceptors (Lipinski definition) is 4. The average molecular weight is 418 g/mol. The molecule has 1 fully saturated rings. The fraction of sp³-hybridized carbons (Fsp3) is 0.350. The van der Waals surface area contributed by atoms with Crippen LogP contribution in [0.15, 0.2) is 36.5 Å². The number of carbonyl (C=O) groups is 1. The Labute approximate surface area is 171 Å². The van der Waals surface area contributed by atoms with Crippen LogP contribution in [-0.4, -0.2) is 46.3 Å². The number of likely N-dealkylation sites (tertiary alicyclic amines) is 1. The highest BCUT2D eigenvalue weighted by Crippen LogP contribution is 2.31. The molecule has 10 heteroatoms. The summed E-state index contributed by atoms with van der Waals surface area (Å²) in [6.07, 6.45) is -2.66. The van der Waals surface area contributed by atoms with E-state index in [1.165, 1.54) is 6.07 Å². The maximum atomic E-state index is 12.7. The Bertz CT molecular complexity index is 969. The summed E-state index contributed by atoms with van der Waals surface area (Å²) < 4.78 is 38.1. The number of benzene rings is 1. The Morgan fingerprint density at radius 2 is 1.97 bits per heavy atom. The summed E-state index contributed by atoms with van der Waals surface area (Å²) in [5.74, 6) is -0.102. The molecule has 0 unspecified atom stereocenters. The Morgan fingerprint density at radius 3 is 2.60 bits per heavy atom. The monoisotopic (exact) mass is 418 g/mol. The number of pyridine rings is 1. The summed E-state index contributed by atoms with van der Waals surface area (Å²) in [5, 5.41) is 10.5. The maximum Gasteiger partial charge on any atom is 0.433 e. The van der Waals surface area contributed by atoms with E-state index in [0.29, 0.717) is 38.3 Å². The highest BCUT2D eigenvalue weighted by molar-refractivity contribution is 5.84. The van der Waals surface area contributed by atoms with Gasteiger partial charge in [0, 0.05) is 31.9 Å². The van der Waals surface area contributed by atoms with Gasteiger partial charge in [0.25, 0.3) is 0 Å². The van der Waals surface area contributed by atoms with Crippen molar-refractivity contribution in [3.63, 3.8) is 0 Å². The van der Waals surface area contributed by atoms with Crippen LogP contribution >= 0.6 is 0 Å². The molecule has 1 saturated heterocycles. The van der Waals surface area contributed by atoms with Crippen molar-refractivity contribution < 1.29 is 18.0 Å². The minimum Gasteiger partial charge on any atom is -0.370 e. The predicted molar refractivity (Wildman–Crippen MR) is 105 cm³/mol. The van der Waals surface area contributed by atoms with E-state index in [2.05, 4.69) is 10.3 Å². The summed E-state index contributed by atoms with van der Waals surface area (Å²) in [6, 6.07) is 7.97. The second-order valence-corrected chi connectivity index (χ2v) is 7.50. The molecular formula is C20H21F3N6O. The molecule has 2 aromatic rings. The van der Waals surface area contributed by atoms with Gasteiger partial charge in [-0.3, -0.25) is 10.2 Å². The van der Waals surface area contributed by atoms with Crippen molar-refractivity contribution in [2.75, 3.05) is 25.0 Å². The van der Waals surface area contributed by atoms with Crippen LogP contribution in [0.4, 0.5) is 24.5 Å². The molecule has 0 spiro atoms. The number of hydrogen-bond donors (Lipinski definition) is 3. The quantitative estimate of drug-likeness (QED) is 0.526. The summed E-state index contributed by atoms with van der Waals surface area (Å²) in [4.78, 5) is 19.7. The normalized spacial score (nSPS) is 16.6. The molecule has 0 radical (unpaired) electrons. The first kappa shape index (κ1) is 20.0. The molecule has 4 rings (SSSR count). The molecular weight excluding hydrogens is 397 g/mol. The van der Waals surface area contributed by atoms with Crippen molar-refractivity contribution >= 4 is 23.2 Å². The fourth-order valence-corrected chi connectivity index (χ4v) is 3.80. The molecule has 4 N–H and O–H groups in total. The Kier molecular flexibility index (Phi) is 5.00. The third-order valence-electron chi connectivity index (χ3n) is 5.48. The highest BCUT2D eigenvalue weighted by Gasteiger charge is 2.37. The molecule has 0 bridgehead atoms. The molecule has 0 aliphatic carbocycles. The summed E-state index contributed by atoms with van der Waals surface area (Å²) in [5.41, 5.74) is 7.80. The number of rotatable bonds is 3. The number of guanidine groups is 1. The number of halogens is 3. The molecule has 30 heavy (non-hydrogen) atoms. The highest BCUT2D eigenvalue weighted by atomic mass is 19.4. The van der Waals surface area contributed by atoms with Crippen LogP contribution in [0.5, 0.6) is 0 Å². The molecule has 1 amide bonds. The topological polar surface area (TPSA) is 98.3 Å². The van der Waals surface area contributed by atoms with E-state index in [9.17, 15) is 18.0 Å². The van der Waals surface area contributed by atoms with Gasteiger partial charge in [-0.1, -0.05) is 12.1 Å². The van der Waals surface area contributed by atoms with E-state index in [0.717, 1.165) is 29.1 Å². The van der Waals surface area contributed by atoms with Gasteiger partial charge >= 0.3 is 6.18 Å². The van der Waals surface area contributed by atoms with Gasteiger partial charge in [0.2, 0.25) is 5.91 Å². The Morgan fingerprint density at radius 1 is 1.20 bits per heavy atom. The second kappa shape index (κ2) is 7.51. The van der Waals surface area contributed by atoms with E-state index in [-0.39, 0.29) is 17.8 Å². The van der Waals surface area contributed by atoms with E-state index in [4.69, 9.17) is 11.1 Å². The molecule has 3 heterocycles. The maximum absolute atomic E-state index is 12.7. The fourth-order valence-electron chi connectivity index (χ4n) is 3.80. The molecule has 7 nitrogen and oxygen atoms in total. The summed E-state index contributed by atoms with van der Waals surface area (Å²) >= 11 is 0. The molecule has 0 saturated carbocycles. The zero-order valence-corrected chi connectivity index (χ0v) is 16.0. The first-order chi connectivity index (χ1) is 14.2. The van der Waals surface area contributed by atoms with Crippen molar-refractivity contribution in [1.82, 2.24) is 14.8 Å². The van der Waals surface area contributed by atoms with Crippen molar-refractivity contribution in [2.24, 2.45) is 11.7 Å². The van der Waals surface area contributed by atoms with E-state index in [1.54, 1.807) is 4.90 Å². The average Bonchev–Trinajstić information content (AvgIpc) is 2.66. The van der Waals surface area contributed by atoms with E-state index in [1.807, 2.05) is 23.1 Å². The zero-order valence-electron chi connectivity index (χ0n) is 16.0. The number of alkyl halides is 3. The first-order valence-electron chi connectivity index (χ1n) is 9.51. The SMILES string of the molecule is N=C(N)N1CC(C(=O)N2CCc3c(cccc3Nc3ccc(C(F)(F)F)nc3)C2)C1. The minimum atomic E-state index is -4.47. The number of anilines is 2. The Hall–Kier alpha value is -3.30. The minimum absolute atomic E-state index is 0.0171. The molecule has 0 atom stereocenters. The van der Waals surface area contributed by atoms with Crippen LogP contribution in [0.25, 0.3) is 0 Å². The van der Waals surface area contributed by atoms with Gasteiger partial charge in [-0.25, -0.2) is 4.98 Å². The smallest absolute Gasteiger partial charge is 0.370 e. The third kappa shape index (κ3) is 3.89. The van der Waals surface area contributed by atoms with Gasteiger partial charge in [0.1, 0.15) is 5.69 Å². The standard InChI is InChI=1S/C20H21F3N6O/c21-20(22,23)17-5-4-14(8-26-17)27-16-3-1-2-12-9-28(7-6-15(12)16)18(30)13-10-29(11-13)19(24)25/h1-5,8,13,27H,6-7,9-11H2,(H3,24,25). The number of nitrogens with zero attached hydrogens (tertiary/aromatic N) is 3. The zero-order chi connectivity index (χ0) is 21.5. The third-order valence-corrected chi connectivity index (χ3v) is 5.48. The van der Waals surface area contributed by atoms with Crippen LogP contribution in [0, 0.1) is 11.3 Å². The van der Waals surface area contributed by atoms with Crippen LogP contribution in [0.1, 0.15) is 16.8 Å². The Balaban J connectivity index is 1.44. The van der Waals surface area contributed by atoms with Crippen molar-refractivity contribution in [1.29, 1.82) is 5.41 Å². The van der Waals surface area contributed by atoms with E-state index < -0.39 is 11.9 Å². The molecule has 158 valence electrons. The number of nitrogens with two attached hydrogens (primary N) is 1. The first-order valence-corrected chi connectivity index (χ1v) is 9.51. The van der Waals surface area contributed by atoms with Gasteiger partial charge in [0.05, 0.1) is 17.8 Å². The van der Waals surface area contributed by atoms with Crippen molar-refractivity contribution in [3.05, 3.63) is 53.3 Å². The number of fused-ring (bicyclic) bond motifs is 1. The van der Waals surface area contributed by atoms with Crippen LogP contribution in [0.3, 0.4) is 0 Å². The summed E-state index contributed by atoms with van der Waals surface area (Å²) in [7, 11) is 0. The number of carbonyl (C=O) groups excluding carboxylic acids is 1. The molecule has 1 aromatic carbocycles. The number of amides is 1. The van der Waals surface area contributed by atoms with Gasteiger partial charge < -0.3 is 20.9 Å². The van der Waals surface area contributed by atoms with Gasteiger partial charge in [-0.15, -0.1) is 0 Å². The number of nitrogens with one attached hydrogen (secondary N) is 2. The largest absolute Gasteiger partial charge is 0.433 e. The molecule has 2 aliphatic rings. The predicted octanol–water partition coefficient (Wildman–Crippen LogP) is 2.55. The summed E-state index contributed by atoms with van der Waals surface area (Å²) in [6.45, 7) is 1.98. The second-order valence-electron chi connectivity index (χ2n) is 7.50. The van der Waals surface area contributed by atoms with Crippen LogP contribution < -0.4 is 11.1 Å². The van der Waals surface area contributed by atoms with E-state index >= 15 is 0 Å². The molecule has 1 aromatic heterocycles. The van der Waals surface area contributed by atoms with Crippen molar-refractivity contribution in [2.45, 2.75) is 19.1 Å². The van der Waals surface area contributed by atoms with Gasteiger partial charge in [-0.2, -0.15) is 13.2 Å². The lowest BCUT2D eigenvalue weighted by molar-refractivity contribution is -0.141. The number of aromatic nitrogens is 1. The van der Waals surface area contributed by atoms with Crippen LogP contribution in [-0.2, 0) is 23.9 Å². The van der Waals surface area contributed by atoms with Crippen molar-refractivity contribution in [3.8, 4) is 0 Å². The lowest BCUT2D eigenvalue weighted by atomic mass is 9.94. The lowest BCUT2D eigenvalue weighted by Crippen LogP contribution is -2.58. The molecule has 2 aliphatic heterocycles. The van der Waals surface area contributed by atoms with Gasteiger partial charge in [-0.05, 0) is 35.7 Å².